The molecular weight excluding hydrogens is 236 g/mol. The van der Waals surface area contributed by atoms with Crippen molar-refractivity contribution in [3.63, 3.8) is 0 Å². The molecule has 3 nitrogen and oxygen atoms in total. The highest BCUT2D eigenvalue weighted by Gasteiger charge is 2.17. The molecule has 1 fully saturated rings. The van der Waals surface area contributed by atoms with E-state index >= 15 is 0 Å². The molecule has 0 amide bonds. The van der Waals surface area contributed by atoms with E-state index < -0.39 is 0 Å². The molecule has 2 rings (SSSR count). The molecule has 0 bridgehead atoms. The number of hydrogen-bond donors (Lipinski definition) is 0. The smallest absolute Gasteiger partial charge is 0.159 e. The number of nitrogens with zero attached hydrogens (tertiary/aromatic N) is 2. The van der Waals surface area contributed by atoms with Crippen LogP contribution in [-0.4, -0.2) is 43.9 Å². The van der Waals surface area contributed by atoms with Gasteiger partial charge in [-0.05, 0) is 32.2 Å². The molecule has 0 aromatic heterocycles. The maximum atomic E-state index is 11.4. The molecule has 1 saturated heterocycles. The van der Waals surface area contributed by atoms with Crippen molar-refractivity contribution in [3.05, 3.63) is 28.8 Å². The Hall–Kier alpha value is -1.06. The third-order valence-electron chi connectivity index (χ3n) is 3.20. The monoisotopic (exact) mass is 252 g/mol. The van der Waals surface area contributed by atoms with Crippen molar-refractivity contribution < 1.29 is 4.79 Å². The summed E-state index contributed by atoms with van der Waals surface area (Å²) in [5.74, 6) is 0.0806. The zero-order chi connectivity index (χ0) is 12.4. The summed E-state index contributed by atoms with van der Waals surface area (Å²) in [6, 6.07) is 5.49. The summed E-state index contributed by atoms with van der Waals surface area (Å²) in [4.78, 5) is 15.9. The first-order valence-electron chi connectivity index (χ1n) is 5.82. The van der Waals surface area contributed by atoms with E-state index in [2.05, 4.69) is 16.8 Å². The van der Waals surface area contributed by atoms with Crippen molar-refractivity contribution >= 4 is 23.1 Å². The molecule has 4 heteroatoms. The lowest BCUT2D eigenvalue weighted by Gasteiger charge is -2.34. The van der Waals surface area contributed by atoms with Gasteiger partial charge in [0, 0.05) is 31.7 Å². The van der Waals surface area contributed by atoms with Gasteiger partial charge in [0.2, 0.25) is 0 Å². The highest BCUT2D eigenvalue weighted by molar-refractivity contribution is 6.33. The summed E-state index contributed by atoms with van der Waals surface area (Å²) in [6.07, 6.45) is 0. The summed E-state index contributed by atoms with van der Waals surface area (Å²) < 4.78 is 0. The first-order chi connectivity index (χ1) is 8.08. The van der Waals surface area contributed by atoms with Crippen LogP contribution in [0.5, 0.6) is 0 Å². The van der Waals surface area contributed by atoms with Crippen LogP contribution in [0.2, 0.25) is 5.02 Å². The van der Waals surface area contributed by atoms with Crippen molar-refractivity contribution in [1.29, 1.82) is 0 Å². The Kier molecular flexibility index (Phi) is 3.69. The number of piperazine rings is 1. The number of anilines is 1. The van der Waals surface area contributed by atoms with Crippen molar-refractivity contribution in [1.82, 2.24) is 4.90 Å². The topological polar surface area (TPSA) is 23.6 Å². The third-order valence-corrected chi connectivity index (χ3v) is 3.52. The molecule has 1 aromatic rings. The highest BCUT2D eigenvalue weighted by Crippen LogP contribution is 2.28. The van der Waals surface area contributed by atoms with Crippen LogP contribution < -0.4 is 4.90 Å². The van der Waals surface area contributed by atoms with Crippen molar-refractivity contribution in [2.75, 3.05) is 38.1 Å². The lowest BCUT2D eigenvalue weighted by molar-refractivity contribution is 0.101. The maximum absolute atomic E-state index is 11.4. The Balaban J connectivity index is 2.25. The van der Waals surface area contributed by atoms with E-state index in [0.29, 0.717) is 0 Å². The predicted molar refractivity (Wildman–Crippen MR) is 71.2 cm³/mol. The van der Waals surface area contributed by atoms with Crippen molar-refractivity contribution in [3.8, 4) is 0 Å². The summed E-state index contributed by atoms with van der Waals surface area (Å²) in [5, 5.41) is 0.722. The molecule has 0 aliphatic carbocycles. The van der Waals surface area contributed by atoms with Crippen LogP contribution in [0.4, 0.5) is 5.69 Å². The normalized spacial score (nSPS) is 17.2. The number of carbonyl (C=O) groups is 1. The van der Waals surface area contributed by atoms with Gasteiger partial charge < -0.3 is 9.80 Å². The number of likely N-dealkylation sites (N-methyl/N-ethyl adjacent to an activating group) is 1. The zero-order valence-corrected chi connectivity index (χ0v) is 11.0. The first-order valence-corrected chi connectivity index (χ1v) is 6.19. The largest absolute Gasteiger partial charge is 0.368 e. The average molecular weight is 253 g/mol. The number of Topliss-reactive ketones (excluding diaryl/α,β-unsaturated/α-hetero) is 1. The van der Waals surface area contributed by atoms with E-state index in [9.17, 15) is 4.79 Å². The van der Waals surface area contributed by atoms with Crippen LogP contribution >= 0.6 is 11.6 Å². The Morgan fingerprint density at radius 1 is 1.24 bits per heavy atom. The maximum Gasteiger partial charge on any atom is 0.159 e. The van der Waals surface area contributed by atoms with Gasteiger partial charge in [0.25, 0.3) is 0 Å². The van der Waals surface area contributed by atoms with E-state index in [1.807, 2.05) is 12.1 Å². The summed E-state index contributed by atoms with van der Waals surface area (Å²) in [6.45, 7) is 5.55. The van der Waals surface area contributed by atoms with E-state index in [0.717, 1.165) is 42.5 Å². The Morgan fingerprint density at radius 3 is 2.47 bits per heavy atom. The molecule has 0 N–H and O–H groups in total. The van der Waals surface area contributed by atoms with Gasteiger partial charge in [0.05, 0.1) is 10.7 Å². The number of ketones is 1. The SMILES string of the molecule is CC(=O)c1ccc(Cl)c(N2CCN(C)CC2)c1. The first kappa shape index (κ1) is 12.4. The van der Waals surface area contributed by atoms with Gasteiger partial charge in [0.1, 0.15) is 0 Å². The van der Waals surface area contributed by atoms with E-state index in [1.165, 1.54) is 0 Å². The lowest BCUT2D eigenvalue weighted by Crippen LogP contribution is -2.44. The van der Waals surface area contributed by atoms with Crippen molar-refractivity contribution in [2.45, 2.75) is 6.92 Å². The second-order valence-electron chi connectivity index (χ2n) is 4.51. The molecule has 1 heterocycles. The number of hydrogen-bond acceptors (Lipinski definition) is 3. The zero-order valence-electron chi connectivity index (χ0n) is 10.2. The molecule has 0 radical (unpaired) electrons. The van der Waals surface area contributed by atoms with Gasteiger partial charge in [-0.2, -0.15) is 0 Å². The average Bonchev–Trinajstić information content (AvgIpc) is 2.31. The summed E-state index contributed by atoms with van der Waals surface area (Å²) in [5.41, 5.74) is 1.70. The quantitative estimate of drug-likeness (QED) is 0.755. The van der Waals surface area contributed by atoms with Crippen LogP contribution in [0.25, 0.3) is 0 Å². The molecule has 17 heavy (non-hydrogen) atoms. The van der Waals surface area contributed by atoms with E-state index in [-0.39, 0.29) is 5.78 Å². The Morgan fingerprint density at radius 2 is 1.88 bits per heavy atom. The fourth-order valence-electron chi connectivity index (χ4n) is 2.02. The van der Waals surface area contributed by atoms with Crippen LogP contribution in [0.15, 0.2) is 18.2 Å². The van der Waals surface area contributed by atoms with Crippen LogP contribution in [0, 0.1) is 0 Å². The summed E-state index contributed by atoms with van der Waals surface area (Å²) >= 11 is 6.20. The van der Waals surface area contributed by atoms with Gasteiger partial charge in [0.15, 0.2) is 5.78 Å². The Bertz CT molecular complexity index is 425. The van der Waals surface area contributed by atoms with Crippen molar-refractivity contribution in [2.24, 2.45) is 0 Å². The van der Waals surface area contributed by atoms with E-state index in [1.54, 1.807) is 13.0 Å². The third kappa shape index (κ3) is 2.79. The van der Waals surface area contributed by atoms with Gasteiger partial charge in [-0.1, -0.05) is 11.6 Å². The standard InChI is InChI=1S/C13H17ClN2O/c1-10(17)11-3-4-12(14)13(9-11)16-7-5-15(2)6-8-16/h3-4,9H,5-8H2,1-2H3. The van der Waals surface area contributed by atoms with Gasteiger partial charge in [-0.15, -0.1) is 0 Å². The van der Waals surface area contributed by atoms with Gasteiger partial charge >= 0.3 is 0 Å². The molecule has 0 spiro atoms. The fourth-order valence-corrected chi connectivity index (χ4v) is 2.26. The van der Waals surface area contributed by atoms with E-state index in [4.69, 9.17) is 11.6 Å². The molecule has 0 atom stereocenters. The molecule has 1 aliphatic heterocycles. The van der Waals surface area contributed by atoms with Crippen LogP contribution in [0.1, 0.15) is 17.3 Å². The number of benzene rings is 1. The second kappa shape index (κ2) is 5.07. The minimum absolute atomic E-state index is 0.0806. The summed E-state index contributed by atoms with van der Waals surface area (Å²) in [7, 11) is 2.12. The minimum atomic E-state index is 0.0806. The predicted octanol–water partition coefficient (Wildman–Crippen LogP) is 2.29. The highest BCUT2D eigenvalue weighted by atomic mass is 35.5. The van der Waals surface area contributed by atoms with Gasteiger partial charge in [-0.25, -0.2) is 0 Å². The Labute approximate surface area is 107 Å². The number of carbonyl (C=O) groups excluding carboxylic acids is 1. The molecule has 0 saturated carbocycles. The molecule has 0 unspecified atom stereocenters. The molecular formula is C13H17ClN2O. The number of halogens is 1. The van der Waals surface area contributed by atoms with Gasteiger partial charge in [-0.3, -0.25) is 4.79 Å². The molecule has 1 aliphatic rings. The molecule has 92 valence electrons. The van der Waals surface area contributed by atoms with Crippen LogP contribution in [-0.2, 0) is 0 Å². The lowest BCUT2D eigenvalue weighted by atomic mass is 10.1. The second-order valence-corrected chi connectivity index (χ2v) is 4.92. The fraction of sp³-hybridized carbons (Fsp3) is 0.462. The van der Waals surface area contributed by atoms with Crippen LogP contribution in [0.3, 0.4) is 0 Å². The molecule has 1 aromatic carbocycles. The number of rotatable bonds is 2. The minimum Gasteiger partial charge on any atom is -0.368 e.